The van der Waals surface area contributed by atoms with Gasteiger partial charge in [0.05, 0.1) is 34.3 Å². The molecule has 2 aliphatic rings. The molecule has 2 saturated carbocycles. The summed E-state index contributed by atoms with van der Waals surface area (Å²) in [6.07, 6.45) is 6.31. The van der Waals surface area contributed by atoms with Gasteiger partial charge in [0.2, 0.25) is 0 Å². The molecule has 10 heteroatoms. The zero-order valence-corrected chi connectivity index (χ0v) is 29.7. The number of hydrogen-bond donors (Lipinski definition) is 0. The number of benzene rings is 4. The van der Waals surface area contributed by atoms with Crippen molar-refractivity contribution in [3.05, 3.63) is 90.6 Å². The van der Waals surface area contributed by atoms with E-state index in [0.717, 1.165) is 91.1 Å². The summed E-state index contributed by atoms with van der Waals surface area (Å²) >= 11 is 7.12. The highest BCUT2D eigenvalue weighted by atomic mass is 79.9. The fourth-order valence-corrected chi connectivity index (χ4v) is 8.43. The van der Waals surface area contributed by atoms with Crippen molar-refractivity contribution in [3.8, 4) is 0 Å². The first-order chi connectivity index (χ1) is 22.2. The Labute approximate surface area is 283 Å². The molecule has 0 N–H and O–H groups in total. The van der Waals surface area contributed by atoms with Crippen LogP contribution in [0.1, 0.15) is 50.6 Å². The number of halogens is 2. The highest BCUT2D eigenvalue weighted by Crippen LogP contribution is 2.37. The predicted octanol–water partition coefficient (Wildman–Crippen LogP) is 7.99. The van der Waals surface area contributed by atoms with Crippen LogP contribution in [0.5, 0.6) is 0 Å². The molecule has 2 aromatic heterocycles. The maximum atomic E-state index is 12.9. The fraction of sp³-hybridized carbons (Fsp3) is 0.389. The molecule has 8 rings (SSSR count). The first-order valence-electron chi connectivity index (χ1n) is 15.8. The van der Waals surface area contributed by atoms with E-state index in [2.05, 4.69) is 68.3 Å². The third-order valence-electron chi connectivity index (χ3n) is 10.2. The van der Waals surface area contributed by atoms with Gasteiger partial charge in [-0.15, -0.1) is 0 Å². The summed E-state index contributed by atoms with van der Waals surface area (Å²) < 4.78 is 20.6. The molecule has 4 atom stereocenters. The zero-order valence-electron chi connectivity index (χ0n) is 26.5. The van der Waals surface area contributed by atoms with E-state index in [9.17, 15) is 9.59 Å². The molecule has 0 saturated heterocycles. The molecule has 0 aliphatic heterocycles. The van der Waals surface area contributed by atoms with Crippen LogP contribution < -0.4 is 11.4 Å². The highest BCUT2D eigenvalue weighted by molar-refractivity contribution is 9.10. The summed E-state index contributed by atoms with van der Waals surface area (Å²) in [6.45, 7) is 0. The van der Waals surface area contributed by atoms with E-state index < -0.39 is 0 Å². The lowest BCUT2D eigenvalue weighted by Gasteiger charge is -2.14. The van der Waals surface area contributed by atoms with Crippen LogP contribution in [-0.4, -0.2) is 44.7 Å². The second-order valence-electron chi connectivity index (χ2n) is 12.7. The lowest BCUT2D eigenvalue weighted by molar-refractivity contribution is 0.105. The summed E-state index contributed by atoms with van der Waals surface area (Å²) in [7, 11) is 7.22. The SMILES string of the molecule is CO[C@@H]1CC[C@@H](n2c(=O)n(C)c3ccc4ccc(Br)cc4c32)C1.CO[C@H]1CC[C@H](n2c(=O)n(C)c3ccc4ccc(Br)cc4c32)C1. The average Bonchev–Trinajstić information content (AvgIpc) is 3.84. The Morgan fingerprint density at radius 3 is 1.37 bits per heavy atom. The van der Waals surface area contributed by atoms with Gasteiger partial charge >= 0.3 is 11.4 Å². The molecule has 6 aromatic rings. The molecule has 2 heterocycles. The van der Waals surface area contributed by atoms with Crippen molar-refractivity contribution in [2.24, 2.45) is 14.1 Å². The van der Waals surface area contributed by atoms with Gasteiger partial charge in [-0.05, 0) is 85.7 Å². The van der Waals surface area contributed by atoms with Crippen molar-refractivity contribution >= 4 is 75.5 Å². The van der Waals surface area contributed by atoms with Crippen LogP contribution in [0.15, 0.2) is 79.2 Å². The van der Waals surface area contributed by atoms with Crippen LogP contribution in [0.25, 0.3) is 43.6 Å². The maximum Gasteiger partial charge on any atom is 0.329 e. The van der Waals surface area contributed by atoms with Gasteiger partial charge in [-0.2, -0.15) is 0 Å². The molecular formula is C36H38Br2N4O4. The van der Waals surface area contributed by atoms with Gasteiger partial charge in [-0.3, -0.25) is 18.3 Å². The van der Waals surface area contributed by atoms with Crippen molar-refractivity contribution in [1.29, 1.82) is 0 Å². The quantitative estimate of drug-likeness (QED) is 0.183. The number of imidazole rings is 2. The normalized spacial score (nSPS) is 21.5. The molecular weight excluding hydrogens is 712 g/mol. The smallest absolute Gasteiger partial charge is 0.329 e. The molecule has 2 fully saturated rings. The summed E-state index contributed by atoms with van der Waals surface area (Å²) in [5, 5.41) is 4.55. The van der Waals surface area contributed by atoms with Crippen LogP contribution in [0.2, 0.25) is 0 Å². The Balaban J connectivity index is 0.000000147. The average molecular weight is 751 g/mol. The number of nitrogens with zero attached hydrogens (tertiary/aromatic N) is 4. The predicted molar refractivity (Wildman–Crippen MR) is 192 cm³/mol. The number of ether oxygens (including phenoxy) is 2. The lowest BCUT2D eigenvalue weighted by atomic mass is 10.1. The van der Waals surface area contributed by atoms with E-state index >= 15 is 0 Å². The number of methoxy groups -OCH3 is 2. The van der Waals surface area contributed by atoms with E-state index in [1.54, 1.807) is 23.4 Å². The number of hydrogen-bond acceptors (Lipinski definition) is 4. The number of rotatable bonds is 4. The van der Waals surface area contributed by atoms with Crippen LogP contribution >= 0.6 is 31.9 Å². The van der Waals surface area contributed by atoms with Crippen molar-refractivity contribution in [1.82, 2.24) is 18.3 Å². The van der Waals surface area contributed by atoms with Gasteiger partial charge in [0.15, 0.2) is 0 Å². The summed E-state index contributed by atoms with van der Waals surface area (Å²) in [4.78, 5) is 25.7. The summed E-state index contributed by atoms with van der Waals surface area (Å²) in [6, 6.07) is 21.2. The molecule has 8 nitrogen and oxygen atoms in total. The first kappa shape index (κ1) is 31.4. The van der Waals surface area contributed by atoms with Gasteiger partial charge in [-0.1, -0.05) is 56.1 Å². The molecule has 0 amide bonds. The third-order valence-corrected chi connectivity index (χ3v) is 11.2. The fourth-order valence-electron chi connectivity index (χ4n) is 7.71. The zero-order chi connectivity index (χ0) is 32.3. The lowest BCUT2D eigenvalue weighted by Crippen LogP contribution is -2.25. The second-order valence-corrected chi connectivity index (χ2v) is 14.5. The van der Waals surface area contributed by atoms with Gasteiger partial charge in [0.1, 0.15) is 0 Å². The summed E-state index contributed by atoms with van der Waals surface area (Å²) in [5.41, 5.74) is 4.18. The van der Waals surface area contributed by atoms with Crippen molar-refractivity contribution in [3.63, 3.8) is 0 Å². The van der Waals surface area contributed by atoms with E-state index in [4.69, 9.17) is 9.47 Å². The Morgan fingerprint density at radius 1 is 0.609 bits per heavy atom. The number of aryl methyl sites for hydroxylation is 2. The van der Waals surface area contributed by atoms with Gasteiger partial charge < -0.3 is 9.47 Å². The minimum atomic E-state index is 0.0641. The molecule has 240 valence electrons. The van der Waals surface area contributed by atoms with E-state index in [1.165, 1.54) is 0 Å². The molecule has 2 aliphatic carbocycles. The maximum absolute atomic E-state index is 12.9. The largest absolute Gasteiger partial charge is 0.381 e. The molecule has 0 spiro atoms. The topological polar surface area (TPSA) is 72.3 Å². The van der Waals surface area contributed by atoms with Crippen molar-refractivity contribution in [2.75, 3.05) is 14.2 Å². The standard InChI is InChI=1S/2C18H19BrN2O2/c2*1-20-16-8-4-11-3-5-12(19)9-15(11)17(16)21(18(20)22)13-6-7-14(10-13)23-2/h2*3-5,8-9,13-14H,6-7,10H2,1-2H3/t2*13-,14-/m10/s1. The number of aromatic nitrogens is 4. The minimum absolute atomic E-state index is 0.0641. The van der Waals surface area contributed by atoms with Crippen molar-refractivity contribution < 1.29 is 9.47 Å². The van der Waals surface area contributed by atoms with Gasteiger partial charge in [0.25, 0.3) is 0 Å². The van der Waals surface area contributed by atoms with E-state index in [-0.39, 0.29) is 35.7 Å². The van der Waals surface area contributed by atoms with E-state index in [0.29, 0.717) is 0 Å². The second kappa shape index (κ2) is 12.4. The third kappa shape index (κ3) is 5.27. The summed E-state index contributed by atoms with van der Waals surface area (Å²) in [5.74, 6) is 0. The van der Waals surface area contributed by atoms with E-state index in [1.807, 2.05) is 47.5 Å². The van der Waals surface area contributed by atoms with Crippen LogP contribution in [0.3, 0.4) is 0 Å². The van der Waals surface area contributed by atoms with Crippen molar-refractivity contribution in [2.45, 2.75) is 62.8 Å². The molecule has 0 radical (unpaired) electrons. The highest BCUT2D eigenvalue weighted by Gasteiger charge is 2.31. The Morgan fingerprint density at radius 2 is 1.00 bits per heavy atom. The Bertz CT molecular complexity index is 2070. The molecule has 46 heavy (non-hydrogen) atoms. The minimum Gasteiger partial charge on any atom is -0.381 e. The molecule has 4 aromatic carbocycles. The molecule has 0 bridgehead atoms. The Kier molecular flexibility index (Phi) is 8.50. The van der Waals surface area contributed by atoms with Crippen LogP contribution in [0, 0.1) is 0 Å². The first-order valence-corrected chi connectivity index (χ1v) is 17.4. The number of fused-ring (bicyclic) bond motifs is 6. The van der Waals surface area contributed by atoms with Crippen LogP contribution in [-0.2, 0) is 23.6 Å². The van der Waals surface area contributed by atoms with Gasteiger partial charge in [0, 0.05) is 60.1 Å². The molecule has 0 unspecified atom stereocenters. The van der Waals surface area contributed by atoms with Gasteiger partial charge in [-0.25, -0.2) is 9.59 Å². The monoisotopic (exact) mass is 748 g/mol. The van der Waals surface area contributed by atoms with Crippen LogP contribution in [0.4, 0.5) is 0 Å². The Hall–Kier alpha value is -3.18.